The summed E-state index contributed by atoms with van der Waals surface area (Å²) in [6.07, 6.45) is 7.49. The fourth-order valence-electron chi connectivity index (χ4n) is 4.60. The molecule has 0 saturated heterocycles. The van der Waals surface area contributed by atoms with Gasteiger partial charge in [0, 0.05) is 30.2 Å². The van der Waals surface area contributed by atoms with Crippen LogP contribution in [0.25, 0.3) is 0 Å². The lowest BCUT2D eigenvalue weighted by molar-refractivity contribution is 0.134. The van der Waals surface area contributed by atoms with Crippen molar-refractivity contribution in [3.8, 4) is 17.6 Å². The molecule has 1 heterocycles. The Bertz CT molecular complexity index is 763. The zero-order valence-corrected chi connectivity index (χ0v) is 17.9. The summed E-state index contributed by atoms with van der Waals surface area (Å²) in [5, 5.41) is 24.3. The summed E-state index contributed by atoms with van der Waals surface area (Å²) in [6, 6.07) is 6.43. The highest BCUT2D eigenvalue weighted by Crippen LogP contribution is 2.52. The first-order valence-corrected chi connectivity index (χ1v) is 10.9. The highest BCUT2D eigenvalue weighted by Gasteiger charge is 2.48. The van der Waals surface area contributed by atoms with Crippen LogP contribution in [0.1, 0.15) is 56.6 Å². The fourth-order valence-corrected chi connectivity index (χ4v) is 4.60. The maximum Gasteiger partial charge on any atom is 0.126 e. The van der Waals surface area contributed by atoms with E-state index in [2.05, 4.69) is 35.4 Å². The molecule has 1 aliphatic carbocycles. The first-order valence-electron chi connectivity index (χ1n) is 10.9. The van der Waals surface area contributed by atoms with Gasteiger partial charge in [-0.3, -0.25) is 0 Å². The molecule has 0 bridgehead atoms. The van der Waals surface area contributed by atoms with Gasteiger partial charge in [0.1, 0.15) is 11.9 Å². The Labute approximate surface area is 175 Å². The van der Waals surface area contributed by atoms with Crippen molar-refractivity contribution in [2.45, 2.75) is 70.2 Å². The van der Waals surface area contributed by atoms with Gasteiger partial charge >= 0.3 is 0 Å². The van der Waals surface area contributed by atoms with E-state index in [0.717, 1.165) is 31.6 Å². The van der Waals surface area contributed by atoms with Gasteiger partial charge in [-0.2, -0.15) is 0 Å². The summed E-state index contributed by atoms with van der Waals surface area (Å²) in [6.45, 7) is 4.85. The van der Waals surface area contributed by atoms with Crippen molar-refractivity contribution < 1.29 is 14.9 Å². The molecule has 29 heavy (non-hydrogen) atoms. The Morgan fingerprint density at radius 1 is 1.34 bits per heavy atom. The number of aryl methyl sites for hydroxylation is 1. The van der Waals surface area contributed by atoms with Gasteiger partial charge in [-0.05, 0) is 51.3 Å². The molecule has 4 heteroatoms. The van der Waals surface area contributed by atoms with Gasteiger partial charge in [-0.15, -0.1) is 11.8 Å². The number of ether oxygens (including phenoxy) is 1. The lowest BCUT2D eigenvalue weighted by Gasteiger charge is -2.19. The Morgan fingerprint density at radius 2 is 2.17 bits per heavy atom. The number of benzene rings is 1. The average Bonchev–Trinajstić information content (AvgIpc) is 3.22. The van der Waals surface area contributed by atoms with Crippen LogP contribution in [0, 0.1) is 23.7 Å². The first kappa shape index (κ1) is 21.9. The van der Waals surface area contributed by atoms with Crippen molar-refractivity contribution in [2.75, 3.05) is 13.6 Å². The molecule has 0 radical (unpaired) electrons. The molecule has 1 aromatic rings. The molecule has 4 nitrogen and oxygen atoms in total. The van der Waals surface area contributed by atoms with Gasteiger partial charge in [0.25, 0.3) is 0 Å². The Kier molecular flexibility index (Phi) is 7.77. The maximum atomic E-state index is 10.6. The lowest BCUT2D eigenvalue weighted by atomic mass is 9.86. The van der Waals surface area contributed by atoms with Crippen molar-refractivity contribution in [3.63, 3.8) is 0 Å². The van der Waals surface area contributed by atoms with E-state index in [0.29, 0.717) is 12.8 Å². The van der Waals surface area contributed by atoms with Crippen LogP contribution < -0.4 is 10.1 Å². The van der Waals surface area contributed by atoms with Crippen LogP contribution in [0.5, 0.6) is 5.75 Å². The first-order chi connectivity index (χ1) is 14.1. The number of fused-ring (bicyclic) bond motifs is 3. The topological polar surface area (TPSA) is 61.7 Å². The molecule has 1 saturated carbocycles. The van der Waals surface area contributed by atoms with E-state index in [1.54, 1.807) is 0 Å². The third-order valence-electron chi connectivity index (χ3n) is 6.33. The Morgan fingerprint density at radius 3 is 2.93 bits per heavy atom. The molecule has 6 atom stereocenters. The molecule has 2 aliphatic rings. The standard InChI is InChI=1S/C25H35NO3/c1-4-5-9-17(2)21(27)14-13-19-22(28)16-23-24(19)20-12-8-11-18(25(20)29-23)10-6-7-15-26-3/h8,11-14,17,19,21-24,26-28H,6-7,9-10,15-16H2,1-3H3/b14-13+/t17-,19-,21+,22+,23-,24-/m0/s1. The van der Waals surface area contributed by atoms with Crippen LogP contribution in [-0.2, 0) is 6.42 Å². The van der Waals surface area contributed by atoms with Crippen molar-refractivity contribution in [1.29, 1.82) is 0 Å². The van der Waals surface area contributed by atoms with Gasteiger partial charge in [0.15, 0.2) is 0 Å². The quantitative estimate of drug-likeness (QED) is 0.339. The monoisotopic (exact) mass is 397 g/mol. The van der Waals surface area contributed by atoms with Crippen LogP contribution in [0.15, 0.2) is 30.4 Å². The highest BCUT2D eigenvalue weighted by molar-refractivity contribution is 5.49. The number of hydrogen-bond acceptors (Lipinski definition) is 4. The molecule has 0 spiro atoms. The molecule has 158 valence electrons. The predicted molar refractivity (Wildman–Crippen MR) is 117 cm³/mol. The van der Waals surface area contributed by atoms with Gasteiger partial charge < -0.3 is 20.3 Å². The van der Waals surface area contributed by atoms with E-state index in [-0.39, 0.29) is 23.9 Å². The van der Waals surface area contributed by atoms with Gasteiger partial charge in [-0.1, -0.05) is 37.3 Å². The molecule has 1 aromatic carbocycles. The van der Waals surface area contributed by atoms with Gasteiger partial charge in [-0.25, -0.2) is 0 Å². The number of para-hydroxylation sites is 1. The molecular formula is C25H35NO3. The minimum Gasteiger partial charge on any atom is -0.489 e. The summed E-state index contributed by atoms with van der Waals surface area (Å²) >= 11 is 0. The SMILES string of the molecule is CC#CC[C@H](C)[C@H](O)/C=C/[C@@H]1[C@H]2c3cccc(CCCCNC)c3O[C@H]2C[C@H]1O. The number of rotatable bonds is 9. The Hall–Kier alpha value is -1.80. The van der Waals surface area contributed by atoms with Gasteiger partial charge in [0.2, 0.25) is 0 Å². The lowest BCUT2D eigenvalue weighted by Crippen LogP contribution is -2.19. The van der Waals surface area contributed by atoms with Crippen LogP contribution in [-0.4, -0.2) is 42.1 Å². The minimum absolute atomic E-state index is 0.0219. The van der Waals surface area contributed by atoms with Crippen LogP contribution in [0.2, 0.25) is 0 Å². The third-order valence-corrected chi connectivity index (χ3v) is 6.33. The summed E-state index contributed by atoms with van der Waals surface area (Å²) in [5.74, 6) is 7.15. The molecule has 1 aliphatic heterocycles. The average molecular weight is 398 g/mol. The number of hydrogen-bond donors (Lipinski definition) is 3. The van der Waals surface area contributed by atoms with Crippen LogP contribution >= 0.6 is 0 Å². The summed E-state index contributed by atoms with van der Waals surface area (Å²) < 4.78 is 6.34. The third kappa shape index (κ3) is 5.04. The second kappa shape index (κ2) is 10.3. The summed E-state index contributed by atoms with van der Waals surface area (Å²) in [7, 11) is 1.98. The predicted octanol–water partition coefficient (Wildman–Crippen LogP) is 3.42. The molecular weight excluding hydrogens is 362 g/mol. The highest BCUT2D eigenvalue weighted by atomic mass is 16.5. The normalized spacial score (nSPS) is 27.1. The second-order valence-electron chi connectivity index (χ2n) is 8.44. The fraction of sp³-hybridized carbons (Fsp3) is 0.600. The maximum absolute atomic E-state index is 10.6. The molecule has 3 N–H and O–H groups in total. The van der Waals surface area contributed by atoms with E-state index in [9.17, 15) is 10.2 Å². The van der Waals surface area contributed by atoms with Crippen molar-refractivity contribution in [3.05, 3.63) is 41.5 Å². The Balaban J connectivity index is 1.72. The van der Waals surface area contributed by atoms with Crippen molar-refractivity contribution in [2.24, 2.45) is 11.8 Å². The number of nitrogens with one attached hydrogen (secondary N) is 1. The number of aliphatic hydroxyl groups is 2. The van der Waals surface area contributed by atoms with E-state index in [1.807, 2.05) is 33.0 Å². The summed E-state index contributed by atoms with van der Waals surface area (Å²) in [4.78, 5) is 0. The smallest absolute Gasteiger partial charge is 0.126 e. The van der Waals surface area contributed by atoms with Gasteiger partial charge in [0.05, 0.1) is 12.2 Å². The molecule has 0 amide bonds. The zero-order chi connectivity index (χ0) is 20.8. The van der Waals surface area contributed by atoms with Crippen molar-refractivity contribution >= 4 is 0 Å². The van der Waals surface area contributed by atoms with Crippen LogP contribution in [0.3, 0.4) is 0 Å². The molecule has 0 unspecified atom stereocenters. The van der Waals surface area contributed by atoms with Crippen molar-refractivity contribution in [1.82, 2.24) is 5.32 Å². The largest absolute Gasteiger partial charge is 0.489 e. The zero-order valence-electron chi connectivity index (χ0n) is 17.9. The minimum atomic E-state index is -0.553. The second-order valence-corrected chi connectivity index (χ2v) is 8.44. The molecule has 0 aromatic heterocycles. The number of unbranched alkanes of at least 4 members (excludes halogenated alkanes) is 1. The van der Waals surface area contributed by atoms with Crippen LogP contribution in [0.4, 0.5) is 0 Å². The van der Waals surface area contributed by atoms with E-state index < -0.39 is 12.2 Å². The van der Waals surface area contributed by atoms with E-state index >= 15 is 0 Å². The summed E-state index contributed by atoms with van der Waals surface area (Å²) in [5.41, 5.74) is 2.49. The van der Waals surface area contributed by atoms with E-state index in [4.69, 9.17) is 4.74 Å². The molecule has 3 rings (SSSR count). The number of aliphatic hydroxyl groups excluding tert-OH is 2. The van der Waals surface area contributed by atoms with E-state index in [1.165, 1.54) is 11.1 Å². The molecule has 1 fully saturated rings.